The number of hydrogen-bond acceptors (Lipinski definition) is 4. The fourth-order valence-corrected chi connectivity index (χ4v) is 2.87. The van der Waals surface area contributed by atoms with Gasteiger partial charge in [0.05, 0.1) is 13.0 Å². The van der Waals surface area contributed by atoms with Gasteiger partial charge in [-0.1, -0.05) is 0 Å². The van der Waals surface area contributed by atoms with Crippen molar-refractivity contribution in [3.8, 4) is 11.5 Å². The molecule has 0 aromatic heterocycles. The van der Waals surface area contributed by atoms with Crippen LogP contribution in [0.4, 0.5) is 0 Å². The predicted octanol–water partition coefficient (Wildman–Crippen LogP) is 1.22. The molecule has 1 saturated heterocycles. The minimum absolute atomic E-state index is 0.168. The number of ether oxygens (including phenoxy) is 2. The van der Waals surface area contributed by atoms with E-state index in [9.17, 15) is 9.59 Å². The number of fused-ring (bicyclic) bond motifs is 1. The number of rotatable bonds is 3. The van der Waals surface area contributed by atoms with E-state index < -0.39 is 0 Å². The van der Waals surface area contributed by atoms with Gasteiger partial charge >= 0.3 is 0 Å². The number of imide groups is 1. The van der Waals surface area contributed by atoms with Gasteiger partial charge in [-0.3, -0.25) is 14.9 Å². The second-order valence-electron chi connectivity index (χ2n) is 5.42. The van der Waals surface area contributed by atoms with Gasteiger partial charge in [-0.25, -0.2) is 0 Å². The first-order valence-corrected chi connectivity index (χ1v) is 6.77. The van der Waals surface area contributed by atoms with Crippen LogP contribution in [-0.4, -0.2) is 25.0 Å². The molecule has 2 aliphatic heterocycles. The average Bonchev–Trinajstić information content (AvgIpc) is 2.90. The first kappa shape index (κ1) is 13.0. The third kappa shape index (κ3) is 2.24. The summed E-state index contributed by atoms with van der Waals surface area (Å²) in [6, 6.07) is 3.91. The first-order chi connectivity index (χ1) is 9.56. The maximum atomic E-state index is 11.7. The maximum absolute atomic E-state index is 11.7. The summed E-state index contributed by atoms with van der Waals surface area (Å²) in [5.74, 6) is 0.900. The molecule has 1 aromatic rings. The average molecular weight is 275 g/mol. The standard InChI is InChI=1S/C15H17NO4/c1-8-3-9-5-12(19-2)10(6-13(9)20-8)4-11-7-14(17)16-15(11)18/h5-6,8,11H,3-4,7H2,1-2H3,(H,16,17,18). The number of carbonyl (C=O) groups is 2. The molecule has 2 aliphatic rings. The van der Waals surface area contributed by atoms with E-state index in [2.05, 4.69) is 5.32 Å². The highest BCUT2D eigenvalue weighted by molar-refractivity contribution is 6.03. The van der Waals surface area contributed by atoms with Crippen molar-refractivity contribution in [3.63, 3.8) is 0 Å². The Labute approximate surface area is 117 Å². The molecule has 2 unspecified atom stereocenters. The molecule has 2 heterocycles. The van der Waals surface area contributed by atoms with E-state index in [1.165, 1.54) is 0 Å². The highest BCUT2D eigenvalue weighted by Gasteiger charge is 2.32. The minimum Gasteiger partial charge on any atom is -0.496 e. The van der Waals surface area contributed by atoms with Gasteiger partial charge in [0, 0.05) is 18.4 Å². The fraction of sp³-hybridized carbons (Fsp3) is 0.467. The van der Waals surface area contributed by atoms with Crippen LogP contribution in [-0.2, 0) is 22.4 Å². The highest BCUT2D eigenvalue weighted by Crippen LogP contribution is 2.36. The van der Waals surface area contributed by atoms with Gasteiger partial charge in [0.15, 0.2) is 0 Å². The van der Waals surface area contributed by atoms with Crippen molar-refractivity contribution in [1.82, 2.24) is 5.32 Å². The normalized spacial score (nSPS) is 24.3. The van der Waals surface area contributed by atoms with Gasteiger partial charge in [-0.05, 0) is 31.0 Å². The van der Waals surface area contributed by atoms with Gasteiger partial charge in [0.1, 0.15) is 17.6 Å². The Morgan fingerprint density at radius 1 is 1.35 bits per heavy atom. The van der Waals surface area contributed by atoms with Crippen molar-refractivity contribution in [2.45, 2.75) is 32.3 Å². The summed E-state index contributed by atoms with van der Waals surface area (Å²) in [6.07, 6.45) is 1.78. The van der Waals surface area contributed by atoms with E-state index in [4.69, 9.17) is 9.47 Å². The third-order valence-electron chi connectivity index (χ3n) is 3.83. The van der Waals surface area contributed by atoms with E-state index in [1.54, 1.807) is 7.11 Å². The topological polar surface area (TPSA) is 64.6 Å². The van der Waals surface area contributed by atoms with Crippen LogP contribution in [0, 0.1) is 5.92 Å². The zero-order valence-corrected chi connectivity index (χ0v) is 11.6. The summed E-state index contributed by atoms with van der Waals surface area (Å²) in [4.78, 5) is 22.9. The largest absolute Gasteiger partial charge is 0.496 e. The molecule has 5 nitrogen and oxygen atoms in total. The van der Waals surface area contributed by atoms with Gasteiger partial charge in [0.25, 0.3) is 0 Å². The van der Waals surface area contributed by atoms with Crippen LogP contribution in [0.15, 0.2) is 12.1 Å². The van der Waals surface area contributed by atoms with E-state index >= 15 is 0 Å². The van der Waals surface area contributed by atoms with Gasteiger partial charge in [-0.15, -0.1) is 0 Å². The molecule has 2 amide bonds. The van der Waals surface area contributed by atoms with Crippen LogP contribution in [0.2, 0.25) is 0 Å². The lowest BCUT2D eigenvalue weighted by atomic mass is 9.95. The lowest BCUT2D eigenvalue weighted by Gasteiger charge is -2.13. The van der Waals surface area contributed by atoms with Crippen molar-refractivity contribution < 1.29 is 19.1 Å². The summed E-state index contributed by atoms with van der Waals surface area (Å²) in [5, 5.41) is 2.33. The number of carbonyl (C=O) groups excluding carboxylic acids is 2. The number of amides is 2. The summed E-state index contributed by atoms with van der Waals surface area (Å²) < 4.78 is 11.1. The Balaban J connectivity index is 1.88. The summed E-state index contributed by atoms with van der Waals surface area (Å²) >= 11 is 0. The van der Waals surface area contributed by atoms with E-state index in [0.717, 1.165) is 29.0 Å². The van der Waals surface area contributed by atoms with Crippen LogP contribution in [0.25, 0.3) is 0 Å². The van der Waals surface area contributed by atoms with Crippen LogP contribution in [0.3, 0.4) is 0 Å². The molecule has 2 atom stereocenters. The predicted molar refractivity (Wildman–Crippen MR) is 71.7 cm³/mol. The molecule has 0 radical (unpaired) electrons. The quantitative estimate of drug-likeness (QED) is 0.843. The molecule has 1 N–H and O–H groups in total. The summed E-state index contributed by atoms with van der Waals surface area (Å²) in [5.41, 5.74) is 2.04. The van der Waals surface area contributed by atoms with Crippen LogP contribution >= 0.6 is 0 Å². The minimum atomic E-state index is -0.312. The van der Waals surface area contributed by atoms with Crippen molar-refractivity contribution in [2.75, 3.05) is 7.11 Å². The van der Waals surface area contributed by atoms with Crippen LogP contribution in [0.1, 0.15) is 24.5 Å². The van der Waals surface area contributed by atoms with Crippen molar-refractivity contribution in [2.24, 2.45) is 5.92 Å². The second kappa shape index (κ2) is 4.81. The van der Waals surface area contributed by atoms with Gasteiger partial charge in [-0.2, -0.15) is 0 Å². The molecule has 1 aromatic carbocycles. The lowest BCUT2D eigenvalue weighted by molar-refractivity contribution is -0.125. The Morgan fingerprint density at radius 3 is 2.80 bits per heavy atom. The van der Waals surface area contributed by atoms with Crippen molar-refractivity contribution in [1.29, 1.82) is 0 Å². The van der Waals surface area contributed by atoms with Crippen LogP contribution in [0.5, 0.6) is 11.5 Å². The Kier molecular flexibility index (Phi) is 3.12. The summed E-state index contributed by atoms with van der Waals surface area (Å²) in [6.45, 7) is 2.02. The van der Waals surface area contributed by atoms with Gasteiger partial charge < -0.3 is 9.47 Å². The molecular formula is C15H17NO4. The zero-order valence-electron chi connectivity index (χ0n) is 11.6. The molecule has 1 fully saturated rings. The van der Waals surface area contributed by atoms with E-state index in [0.29, 0.717) is 6.42 Å². The molecule has 0 aliphatic carbocycles. The summed E-state index contributed by atoms with van der Waals surface area (Å²) in [7, 11) is 1.62. The Morgan fingerprint density at radius 2 is 2.15 bits per heavy atom. The maximum Gasteiger partial charge on any atom is 0.230 e. The fourth-order valence-electron chi connectivity index (χ4n) is 2.87. The molecular weight excluding hydrogens is 258 g/mol. The molecule has 0 spiro atoms. The van der Waals surface area contributed by atoms with Crippen molar-refractivity contribution in [3.05, 3.63) is 23.3 Å². The number of hydrogen-bond donors (Lipinski definition) is 1. The number of nitrogens with one attached hydrogen (secondary N) is 1. The molecule has 5 heteroatoms. The van der Waals surface area contributed by atoms with E-state index in [1.807, 2.05) is 19.1 Å². The highest BCUT2D eigenvalue weighted by atomic mass is 16.5. The number of methoxy groups -OCH3 is 1. The zero-order chi connectivity index (χ0) is 14.3. The second-order valence-corrected chi connectivity index (χ2v) is 5.42. The first-order valence-electron chi connectivity index (χ1n) is 6.77. The van der Waals surface area contributed by atoms with Crippen LogP contribution < -0.4 is 14.8 Å². The van der Waals surface area contributed by atoms with Crippen molar-refractivity contribution >= 4 is 11.8 Å². The molecule has 0 saturated carbocycles. The lowest BCUT2D eigenvalue weighted by Crippen LogP contribution is -2.23. The Hall–Kier alpha value is -2.04. The third-order valence-corrected chi connectivity index (χ3v) is 3.83. The molecule has 20 heavy (non-hydrogen) atoms. The molecule has 106 valence electrons. The van der Waals surface area contributed by atoms with Gasteiger partial charge in [0.2, 0.25) is 11.8 Å². The Bertz CT molecular complexity index is 581. The smallest absolute Gasteiger partial charge is 0.230 e. The number of benzene rings is 1. The monoisotopic (exact) mass is 275 g/mol. The molecule has 3 rings (SSSR count). The SMILES string of the molecule is COc1cc2c(cc1CC1CC(=O)NC1=O)OC(C)C2. The van der Waals surface area contributed by atoms with E-state index in [-0.39, 0.29) is 30.3 Å². The molecule has 0 bridgehead atoms.